The molecule has 0 saturated carbocycles. The monoisotopic (exact) mass is 446 g/mol. The summed E-state index contributed by atoms with van der Waals surface area (Å²) < 4.78 is 5.23. The Hall–Kier alpha value is -3.27. The highest BCUT2D eigenvalue weighted by Crippen LogP contribution is 2.41. The molecule has 31 heavy (non-hydrogen) atoms. The molecule has 0 unspecified atom stereocenters. The second-order valence-corrected chi connectivity index (χ2v) is 7.06. The Morgan fingerprint density at radius 2 is 1.81 bits per heavy atom. The highest BCUT2D eigenvalue weighted by Gasteiger charge is 2.46. The molecule has 0 spiro atoms. The van der Waals surface area contributed by atoms with Gasteiger partial charge in [0, 0.05) is 29.3 Å². The summed E-state index contributed by atoms with van der Waals surface area (Å²) in [6, 6.07) is 10.6. The van der Waals surface area contributed by atoms with Crippen LogP contribution in [0.2, 0.25) is 5.02 Å². The maximum Gasteiger partial charge on any atom is 0.295 e. The van der Waals surface area contributed by atoms with Crippen molar-refractivity contribution in [2.75, 3.05) is 26.4 Å². The van der Waals surface area contributed by atoms with Gasteiger partial charge in [0.25, 0.3) is 17.4 Å². The van der Waals surface area contributed by atoms with E-state index in [2.05, 4.69) is 0 Å². The van der Waals surface area contributed by atoms with Crippen molar-refractivity contribution in [3.05, 3.63) is 80.4 Å². The maximum absolute atomic E-state index is 12.8. The Morgan fingerprint density at radius 3 is 2.42 bits per heavy atom. The second kappa shape index (κ2) is 9.69. The first-order chi connectivity index (χ1) is 14.9. The molecule has 0 aliphatic carbocycles. The lowest BCUT2D eigenvalue weighted by Crippen LogP contribution is -2.33. The van der Waals surface area contributed by atoms with Gasteiger partial charge in [-0.2, -0.15) is 0 Å². The van der Waals surface area contributed by atoms with Gasteiger partial charge >= 0.3 is 0 Å². The lowest BCUT2D eigenvalue weighted by atomic mass is 9.95. The van der Waals surface area contributed by atoms with E-state index in [1.807, 2.05) is 0 Å². The number of aliphatic hydroxyl groups excluding tert-OH is 2. The van der Waals surface area contributed by atoms with Gasteiger partial charge in [-0.15, -0.1) is 0 Å². The number of carbonyl (C=O) groups excluding carboxylic acids is 2. The van der Waals surface area contributed by atoms with Gasteiger partial charge in [0.1, 0.15) is 5.76 Å². The number of halogens is 1. The van der Waals surface area contributed by atoms with Crippen LogP contribution in [0.1, 0.15) is 17.2 Å². The van der Waals surface area contributed by atoms with E-state index in [4.69, 9.17) is 21.4 Å². The average Bonchev–Trinajstić information content (AvgIpc) is 3.01. The second-order valence-electron chi connectivity index (χ2n) is 6.65. The third-order valence-electron chi connectivity index (χ3n) is 4.80. The first kappa shape index (κ1) is 22.4. The number of benzene rings is 2. The molecular weight excluding hydrogens is 428 g/mol. The fourth-order valence-electron chi connectivity index (χ4n) is 3.36. The molecule has 1 amide bonds. The molecule has 162 valence electrons. The number of ketones is 1. The quantitative estimate of drug-likeness (QED) is 0.159. The minimum absolute atomic E-state index is 0.0253. The Bertz CT molecular complexity index is 1040. The fraction of sp³-hybridized carbons (Fsp3) is 0.238. The summed E-state index contributed by atoms with van der Waals surface area (Å²) in [6.07, 6.45) is 0. The predicted molar refractivity (Wildman–Crippen MR) is 111 cm³/mol. The van der Waals surface area contributed by atoms with E-state index < -0.39 is 28.4 Å². The van der Waals surface area contributed by atoms with Crippen molar-refractivity contribution in [1.29, 1.82) is 0 Å². The van der Waals surface area contributed by atoms with Crippen molar-refractivity contribution >= 4 is 34.7 Å². The zero-order chi connectivity index (χ0) is 22.5. The number of hydrogen-bond donors (Lipinski definition) is 2. The summed E-state index contributed by atoms with van der Waals surface area (Å²) in [4.78, 5) is 37.1. The topological polar surface area (TPSA) is 130 Å². The van der Waals surface area contributed by atoms with Crippen molar-refractivity contribution < 1.29 is 29.5 Å². The van der Waals surface area contributed by atoms with E-state index in [1.165, 1.54) is 29.2 Å². The molecule has 2 N–H and O–H groups in total. The molecule has 1 saturated heterocycles. The number of nitro benzene ring substituents is 1. The van der Waals surface area contributed by atoms with Crippen molar-refractivity contribution in [1.82, 2.24) is 4.90 Å². The van der Waals surface area contributed by atoms with E-state index >= 15 is 0 Å². The average molecular weight is 447 g/mol. The third kappa shape index (κ3) is 4.58. The predicted octanol–water partition coefficient (Wildman–Crippen LogP) is 2.68. The van der Waals surface area contributed by atoms with Crippen LogP contribution in [-0.4, -0.2) is 58.1 Å². The number of rotatable bonds is 8. The number of nitro groups is 1. The molecule has 1 aliphatic heterocycles. The molecule has 1 aliphatic rings. The zero-order valence-corrected chi connectivity index (χ0v) is 17.0. The van der Waals surface area contributed by atoms with Crippen LogP contribution in [0.25, 0.3) is 5.76 Å². The molecule has 9 nitrogen and oxygen atoms in total. The number of Topliss-reactive ketones (excluding diaryl/α,β-unsaturated/α-hetero) is 1. The van der Waals surface area contributed by atoms with Gasteiger partial charge in [-0.25, -0.2) is 0 Å². The third-order valence-corrected chi connectivity index (χ3v) is 5.15. The van der Waals surface area contributed by atoms with Gasteiger partial charge < -0.3 is 19.8 Å². The van der Waals surface area contributed by atoms with Gasteiger partial charge in [0.15, 0.2) is 0 Å². The first-order valence-electron chi connectivity index (χ1n) is 9.33. The van der Waals surface area contributed by atoms with Gasteiger partial charge in [-0.3, -0.25) is 19.7 Å². The molecule has 1 atom stereocenters. The molecule has 0 bridgehead atoms. The summed E-state index contributed by atoms with van der Waals surface area (Å²) in [5, 5.41) is 30.9. The normalized spacial score (nSPS) is 17.9. The van der Waals surface area contributed by atoms with Gasteiger partial charge in [0.05, 0.1) is 36.4 Å². The molecule has 10 heteroatoms. The lowest BCUT2D eigenvalue weighted by Gasteiger charge is -2.26. The van der Waals surface area contributed by atoms with Crippen LogP contribution in [0.5, 0.6) is 0 Å². The molecule has 0 aromatic heterocycles. The molecule has 1 fully saturated rings. The Kier molecular flexibility index (Phi) is 7.01. The molecular formula is C21H19ClN2O7. The van der Waals surface area contributed by atoms with Crippen molar-refractivity contribution in [3.63, 3.8) is 0 Å². The van der Waals surface area contributed by atoms with Crippen LogP contribution in [-0.2, 0) is 14.3 Å². The Labute approximate surface area is 182 Å². The summed E-state index contributed by atoms with van der Waals surface area (Å²) in [5.74, 6) is -2.19. The Balaban J connectivity index is 2.08. The minimum Gasteiger partial charge on any atom is -0.507 e. The van der Waals surface area contributed by atoms with E-state index in [0.717, 1.165) is 0 Å². The summed E-state index contributed by atoms with van der Waals surface area (Å²) in [7, 11) is 0. The van der Waals surface area contributed by atoms with E-state index in [0.29, 0.717) is 10.6 Å². The molecule has 3 rings (SSSR count). The standard InChI is InChI=1S/C21H19ClN2O7/c22-16-4-2-1-3-15(16)18-17(19(26)13-5-7-14(8-6-13)24(29)30)20(27)21(28)23(18)9-11-31-12-10-25/h1-8,18,25-26H,9-12H2/t18-/m1/s1. The van der Waals surface area contributed by atoms with Crippen LogP contribution in [0, 0.1) is 10.1 Å². The molecule has 1 heterocycles. The minimum atomic E-state index is -0.971. The van der Waals surface area contributed by atoms with Crippen LogP contribution >= 0.6 is 11.6 Å². The fourth-order valence-corrected chi connectivity index (χ4v) is 3.60. The highest BCUT2D eigenvalue weighted by molar-refractivity contribution is 6.47. The summed E-state index contributed by atoms with van der Waals surface area (Å²) >= 11 is 6.33. The van der Waals surface area contributed by atoms with E-state index in [-0.39, 0.29) is 43.2 Å². The van der Waals surface area contributed by atoms with Crippen LogP contribution in [0.3, 0.4) is 0 Å². The van der Waals surface area contributed by atoms with Crippen molar-refractivity contribution in [3.8, 4) is 0 Å². The smallest absolute Gasteiger partial charge is 0.295 e. The largest absolute Gasteiger partial charge is 0.507 e. The molecule has 2 aromatic carbocycles. The maximum atomic E-state index is 12.8. The number of non-ortho nitro benzene ring substituents is 1. The summed E-state index contributed by atoms with van der Waals surface area (Å²) in [6.45, 7) is -0.0278. The Morgan fingerprint density at radius 1 is 1.13 bits per heavy atom. The van der Waals surface area contributed by atoms with Crippen molar-refractivity contribution in [2.24, 2.45) is 0 Å². The van der Waals surface area contributed by atoms with Crippen LogP contribution < -0.4 is 0 Å². The number of nitrogens with zero attached hydrogens (tertiary/aromatic N) is 2. The number of amides is 1. The number of ether oxygens (including phenoxy) is 1. The lowest BCUT2D eigenvalue weighted by molar-refractivity contribution is -0.384. The van der Waals surface area contributed by atoms with E-state index in [1.54, 1.807) is 24.3 Å². The number of likely N-dealkylation sites (tertiary alicyclic amines) is 1. The first-order valence-corrected chi connectivity index (χ1v) is 9.71. The zero-order valence-electron chi connectivity index (χ0n) is 16.2. The number of aliphatic hydroxyl groups is 2. The summed E-state index contributed by atoms with van der Waals surface area (Å²) in [5.41, 5.74) is 0.237. The van der Waals surface area contributed by atoms with Gasteiger partial charge in [0.2, 0.25) is 0 Å². The van der Waals surface area contributed by atoms with E-state index in [9.17, 15) is 24.8 Å². The van der Waals surface area contributed by atoms with Gasteiger partial charge in [-0.05, 0) is 23.8 Å². The number of carbonyl (C=O) groups is 2. The van der Waals surface area contributed by atoms with Crippen LogP contribution in [0.15, 0.2) is 54.1 Å². The molecule has 2 aromatic rings. The van der Waals surface area contributed by atoms with Crippen molar-refractivity contribution in [2.45, 2.75) is 6.04 Å². The van der Waals surface area contributed by atoms with Gasteiger partial charge in [-0.1, -0.05) is 29.8 Å². The molecule has 0 radical (unpaired) electrons. The van der Waals surface area contributed by atoms with Crippen LogP contribution in [0.4, 0.5) is 5.69 Å². The number of hydrogen-bond acceptors (Lipinski definition) is 7. The SMILES string of the molecule is O=C1C(=O)N(CCOCCO)[C@H](c2ccccc2Cl)C1=C(O)c1ccc([N+](=O)[O-])cc1. The highest BCUT2D eigenvalue weighted by atomic mass is 35.5.